The van der Waals surface area contributed by atoms with E-state index in [1.807, 2.05) is 37.3 Å². The van der Waals surface area contributed by atoms with Crippen LogP contribution in [0.25, 0.3) is 0 Å². The number of hydrogen-bond donors (Lipinski definition) is 1. The lowest BCUT2D eigenvalue weighted by molar-refractivity contribution is 0.807. The summed E-state index contributed by atoms with van der Waals surface area (Å²) in [5.41, 5.74) is 3.32. The number of hydrogen-bond acceptors (Lipinski definition) is 3. The minimum Gasteiger partial charge on any atom is -0.354 e. The molecule has 0 spiro atoms. The Morgan fingerprint density at radius 2 is 1.85 bits per heavy atom. The molecule has 1 N–H and O–H groups in total. The molecule has 4 heteroatoms. The van der Waals surface area contributed by atoms with Crippen LogP contribution < -0.4 is 5.32 Å². The second-order valence-electron chi connectivity index (χ2n) is 5.22. The van der Waals surface area contributed by atoms with Gasteiger partial charge in [-0.2, -0.15) is 0 Å². The van der Waals surface area contributed by atoms with E-state index in [1.165, 1.54) is 5.56 Å². The molecule has 2 aromatic rings. The van der Waals surface area contributed by atoms with Crippen molar-refractivity contribution < 1.29 is 0 Å². The molecule has 0 unspecified atom stereocenters. The number of aryl methyl sites for hydroxylation is 1. The summed E-state index contributed by atoms with van der Waals surface area (Å²) in [5, 5.41) is 4.06. The molecule has 0 fully saturated rings. The van der Waals surface area contributed by atoms with Crippen molar-refractivity contribution in [2.45, 2.75) is 33.1 Å². The molecular formula is C16H20ClN3. The SMILES string of the molecule is Cc1cc(C(C)C)nc(NCCc2ccc(Cl)cc2)n1. The van der Waals surface area contributed by atoms with Gasteiger partial charge in [-0.15, -0.1) is 0 Å². The first kappa shape index (κ1) is 14.8. The monoisotopic (exact) mass is 289 g/mol. The van der Waals surface area contributed by atoms with Crippen LogP contribution in [0.15, 0.2) is 30.3 Å². The van der Waals surface area contributed by atoms with Gasteiger partial charge in [-0.3, -0.25) is 0 Å². The quantitative estimate of drug-likeness (QED) is 0.896. The standard InChI is InChI=1S/C16H20ClN3/c1-11(2)15-10-12(3)19-16(20-15)18-9-8-13-4-6-14(17)7-5-13/h4-7,10-11H,8-9H2,1-3H3,(H,18,19,20). The second-order valence-corrected chi connectivity index (χ2v) is 5.65. The lowest BCUT2D eigenvalue weighted by atomic mass is 10.1. The molecule has 1 aromatic carbocycles. The summed E-state index contributed by atoms with van der Waals surface area (Å²) in [5.74, 6) is 1.12. The third-order valence-corrected chi connectivity index (χ3v) is 3.33. The first-order chi connectivity index (χ1) is 9.54. The zero-order valence-electron chi connectivity index (χ0n) is 12.2. The number of halogens is 1. The van der Waals surface area contributed by atoms with Gasteiger partial charge in [0.05, 0.1) is 0 Å². The van der Waals surface area contributed by atoms with E-state index in [4.69, 9.17) is 11.6 Å². The molecule has 1 heterocycles. The Bertz CT molecular complexity index is 564. The fourth-order valence-corrected chi connectivity index (χ4v) is 2.06. The molecule has 0 aliphatic carbocycles. The van der Waals surface area contributed by atoms with E-state index in [0.717, 1.165) is 29.4 Å². The maximum atomic E-state index is 5.87. The Labute approximate surface area is 125 Å². The molecule has 0 aliphatic rings. The largest absolute Gasteiger partial charge is 0.354 e. The van der Waals surface area contributed by atoms with Crippen molar-refractivity contribution in [1.29, 1.82) is 0 Å². The van der Waals surface area contributed by atoms with Gasteiger partial charge in [-0.25, -0.2) is 9.97 Å². The third kappa shape index (κ3) is 4.20. The first-order valence-corrected chi connectivity index (χ1v) is 7.26. The van der Waals surface area contributed by atoms with E-state index in [9.17, 15) is 0 Å². The van der Waals surface area contributed by atoms with E-state index in [0.29, 0.717) is 11.9 Å². The van der Waals surface area contributed by atoms with Crippen LogP contribution in [0.5, 0.6) is 0 Å². The number of nitrogens with one attached hydrogen (secondary N) is 1. The average molecular weight is 290 g/mol. The van der Waals surface area contributed by atoms with Gasteiger partial charge in [0.2, 0.25) is 5.95 Å². The first-order valence-electron chi connectivity index (χ1n) is 6.88. The Balaban J connectivity index is 1.95. The molecular weight excluding hydrogens is 270 g/mol. The van der Waals surface area contributed by atoms with E-state index >= 15 is 0 Å². The number of anilines is 1. The van der Waals surface area contributed by atoms with Gasteiger partial charge in [0.1, 0.15) is 0 Å². The summed E-state index contributed by atoms with van der Waals surface area (Å²) in [6, 6.07) is 9.95. The second kappa shape index (κ2) is 6.71. The predicted molar refractivity (Wildman–Crippen MR) is 84.5 cm³/mol. The minimum atomic E-state index is 0.411. The van der Waals surface area contributed by atoms with Crippen molar-refractivity contribution in [2.24, 2.45) is 0 Å². The highest BCUT2D eigenvalue weighted by Gasteiger charge is 2.05. The Kier molecular flexibility index (Phi) is 4.96. The van der Waals surface area contributed by atoms with Crippen LogP contribution in [0.4, 0.5) is 5.95 Å². The third-order valence-electron chi connectivity index (χ3n) is 3.08. The van der Waals surface area contributed by atoms with Crippen LogP contribution in [-0.4, -0.2) is 16.5 Å². The molecule has 3 nitrogen and oxygen atoms in total. The fraction of sp³-hybridized carbons (Fsp3) is 0.375. The fourth-order valence-electron chi connectivity index (χ4n) is 1.94. The van der Waals surface area contributed by atoms with Gasteiger partial charge in [0.15, 0.2) is 0 Å². The Hall–Kier alpha value is -1.61. The molecule has 1 aromatic heterocycles. The topological polar surface area (TPSA) is 37.8 Å². The number of rotatable bonds is 5. The highest BCUT2D eigenvalue weighted by Crippen LogP contribution is 2.14. The molecule has 0 radical (unpaired) electrons. The van der Waals surface area contributed by atoms with Gasteiger partial charge >= 0.3 is 0 Å². The van der Waals surface area contributed by atoms with Crippen LogP contribution >= 0.6 is 11.6 Å². The van der Waals surface area contributed by atoms with Crippen LogP contribution in [-0.2, 0) is 6.42 Å². The van der Waals surface area contributed by atoms with Gasteiger partial charge in [-0.05, 0) is 43.0 Å². The van der Waals surface area contributed by atoms with Crippen LogP contribution in [0.2, 0.25) is 5.02 Å². The van der Waals surface area contributed by atoms with Crippen molar-refractivity contribution in [3.63, 3.8) is 0 Å². The molecule has 0 aliphatic heterocycles. The molecule has 106 valence electrons. The van der Waals surface area contributed by atoms with Gasteiger partial charge in [-0.1, -0.05) is 37.6 Å². The summed E-state index contributed by atoms with van der Waals surface area (Å²) in [4.78, 5) is 8.95. The van der Waals surface area contributed by atoms with Crippen LogP contribution in [0.1, 0.15) is 36.7 Å². The van der Waals surface area contributed by atoms with Crippen LogP contribution in [0.3, 0.4) is 0 Å². The maximum Gasteiger partial charge on any atom is 0.223 e. The molecule has 20 heavy (non-hydrogen) atoms. The normalized spacial score (nSPS) is 10.8. The number of aromatic nitrogens is 2. The number of nitrogens with zero attached hydrogens (tertiary/aromatic N) is 2. The summed E-state index contributed by atoms with van der Waals surface area (Å²) >= 11 is 5.87. The van der Waals surface area contributed by atoms with Crippen molar-refractivity contribution in [3.8, 4) is 0 Å². The smallest absolute Gasteiger partial charge is 0.223 e. The zero-order valence-corrected chi connectivity index (χ0v) is 12.9. The zero-order chi connectivity index (χ0) is 14.5. The molecule has 0 bridgehead atoms. The van der Waals surface area contributed by atoms with E-state index < -0.39 is 0 Å². The maximum absolute atomic E-state index is 5.87. The molecule has 0 saturated heterocycles. The minimum absolute atomic E-state index is 0.411. The van der Waals surface area contributed by atoms with E-state index in [-0.39, 0.29) is 0 Å². The Morgan fingerprint density at radius 1 is 1.15 bits per heavy atom. The Morgan fingerprint density at radius 3 is 2.50 bits per heavy atom. The lowest BCUT2D eigenvalue weighted by Gasteiger charge is -2.10. The van der Waals surface area contributed by atoms with Crippen molar-refractivity contribution in [1.82, 2.24) is 9.97 Å². The van der Waals surface area contributed by atoms with Gasteiger partial charge < -0.3 is 5.32 Å². The summed E-state index contributed by atoms with van der Waals surface area (Å²) in [6.45, 7) is 7.08. The average Bonchev–Trinajstić information content (AvgIpc) is 2.40. The van der Waals surface area contributed by atoms with Crippen molar-refractivity contribution in [2.75, 3.05) is 11.9 Å². The highest BCUT2D eigenvalue weighted by molar-refractivity contribution is 6.30. The van der Waals surface area contributed by atoms with Crippen LogP contribution in [0, 0.1) is 6.92 Å². The summed E-state index contributed by atoms with van der Waals surface area (Å²) in [7, 11) is 0. The molecule has 0 atom stereocenters. The molecule has 0 amide bonds. The summed E-state index contributed by atoms with van der Waals surface area (Å²) in [6.07, 6.45) is 0.922. The summed E-state index contributed by atoms with van der Waals surface area (Å²) < 4.78 is 0. The van der Waals surface area contributed by atoms with Crippen molar-refractivity contribution >= 4 is 17.5 Å². The molecule has 0 saturated carbocycles. The van der Waals surface area contributed by atoms with E-state index in [1.54, 1.807) is 0 Å². The van der Waals surface area contributed by atoms with Gasteiger partial charge in [0.25, 0.3) is 0 Å². The van der Waals surface area contributed by atoms with Crippen molar-refractivity contribution in [3.05, 3.63) is 52.3 Å². The predicted octanol–water partition coefficient (Wildman–Crippen LogP) is 4.22. The lowest BCUT2D eigenvalue weighted by Crippen LogP contribution is -2.10. The number of benzene rings is 1. The highest BCUT2D eigenvalue weighted by atomic mass is 35.5. The van der Waals surface area contributed by atoms with E-state index in [2.05, 4.69) is 29.1 Å². The van der Waals surface area contributed by atoms with Gasteiger partial charge in [0, 0.05) is 23.0 Å². The molecule has 2 rings (SSSR count).